The van der Waals surface area contributed by atoms with E-state index in [0.717, 1.165) is 10.4 Å². The SMILES string of the molecule is N#Cc1ccc(CC(O)c2cnc(N)s2)cc1. The summed E-state index contributed by atoms with van der Waals surface area (Å²) < 4.78 is 0. The molecule has 1 atom stereocenters. The van der Waals surface area contributed by atoms with Gasteiger partial charge in [0.05, 0.1) is 22.6 Å². The summed E-state index contributed by atoms with van der Waals surface area (Å²) in [7, 11) is 0. The molecule has 1 aromatic heterocycles. The van der Waals surface area contributed by atoms with Crippen LogP contribution in [0.1, 0.15) is 22.1 Å². The number of aliphatic hydroxyl groups excluding tert-OH is 1. The van der Waals surface area contributed by atoms with Gasteiger partial charge in [-0.05, 0) is 17.7 Å². The average Bonchev–Trinajstić information content (AvgIpc) is 2.77. The van der Waals surface area contributed by atoms with Gasteiger partial charge in [0.15, 0.2) is 5.13 Å². The minimum atomic E-state index is -0.599. The third-order valence-electron chi connectivity index (χ3n) is 2.38. The second-order valence-corrected chi connectivity index (χ2v) is 4.72. The first-order chi connectivity index (χ1) is 8.19. The summed E-state index contributed by atoms with van der Waals surface area (Å²) >= 11 is 1.29. The van der Waals surface area contributed by atoms with E-state index in [-0.39, 0.29) is 0 Å². The van der Waals surface area contributed by atoms with Crippen molar-refractivity contribution in [3.8, 4) is 6.07 Å². The quantitative estimate of drug-likeness (QED) is 0.864. The van der Waals surface area contributed by atoms with Crippen LogP contribution in [0.5, 0.6) is 0 Å². The second-order valence-electron chi connectivity index (χ2n) is 3.63. The lowest BCUT2D eigenvalue weighted by molar-refractivity contribution is 0.182. The number of nitrogen functional groups attached to an aromatic ring is 1. The lowest BCUT2D eigenvalue weighted by atomic mass is 10.1. The van der Waals surface area contributed by atoms with E-state index in [9.17, 15) is 5.11 Å². The van der Waals surface area contributed by atoms with E-state index in [1.807, 2.05) is 12.1 Å². The van der Waals surface area contributed by atoms with Crippen LogP contribution in [0.4, 0.5) is 5.13 Å². The molecule has 0 aliphatic heterocycles. The fourth-order valence-electron chi connectivity index (χ4n) is 1.49. The zero-order chi connectivity index (χ0) is 12.3. The highest BCUT2D eigenvalue weighted by Crippen LogP contribution is 2.25. The molecule has 1 heterocycles. The summed E-state index contributed by atoms with van der Waals surface area (Å²) in [4.78, 5) is 4.66. The van der Waals surface area contributed by atoms with Gasteiger partial charge in [-0.15, -0.1) is 0 Å². The van der Waals surface area contributed by atoms with E-state index in [2.05, 4.69) is 11.1 Å². The molecule has 4 nitrogen and oxygen atoms in total. The number of hydrogen-bond donors (Lipinski definition) is 2. The number of anilines is 1. The fourth-order valence-corrected chi connectivity index (χ4v) is 2.17. The van der Waals surface area contributed by atoms with Gasteiger partial charge in [0.25, 0.3) is 0 Å². The van der Waals surface area contributed by atoms with Crippen LogP contribution >= 0.6 is 11.3 Å². The predicted molar refractivity (Wildman–Crippen MR) is 66.3 cm³/mol. The van der Waals surface area contributed by atoms with Crippen LogP contribution in [0.3, 0.4) is 0 Å². The fraction of sp³-hybridized carbons (Fsp3) is 0.167. The van der Waals surface area contributed by atoms with Crippen LogP contribution in [0.15, 0.2) is 30.5 Å². The van der Waals surface area contributed by atoms with Gasteiger partial charge in [-0.1, -0.05) is 23.5 Å². The molecule has 0 aliphatic rings. The molecule has 3 N–H and O–H groups in total. The highest BCUT2D eigenvalue weighted by Gasteiger charge is 2.11. The number of hydrogen-bond acceptors (Lipinski definition) is 5. The number of nitrogens with two attached hydrogens (primary N) is 1. The van der Waals surface area contributed by atoms with Crippen molar-refractivity contribution in [2.75, 3.05) is 5.73 Å². The van der Waals surface area contributed by atoms with E-state index < -0.39 is 6.10 Å². The molecule has 0 amide bonds. The standard InChI is InChI=1S/C12H11N3OS/c13-6-9-3-1-8(2-4-9)5-10(16)11-7-15-12(14)17-11/h1-4,7,10,16H,5H2,(H2,14,15). The maximum Gasteiger partial charge on any atom is 0.180 e. The molecule has 0 saturated heterocycles. The van der Waals surface area contributed by atoms with Gasteiger partial charge in [-0.25, -0.2) is 4.98 Å². The molecular weight excluding hydrogens is 234 g/mol. The molecule has 0 spiro atoms. The third-order valence-corrected chi connectivity index (χ3v) is 3.31. The van der Waals surface area contributed by atoms with E-state index in [1.54, 1.807) is 18.3 Å². The van der Waals surface area contributed by atoms with Crippen LogP contribution in [0, 0.1) is 11.3 Å². The van der Waals surface area contributed by atoms with Gasteiger partial charge >= 0.3 is 0 Å². The Kier molecular flexibility index (Phi) is 3.38. The van der Waals surface area contributed by atoms with Crippen LogP contribution in [-0.2, 0) is 6.42 Å². The number of thiazole rings is 1. The zero-order valence-corrected chi connectivity index (χ0v) is 9.81. The Balaban J connectivity index is 2.08. The molecule has 0 bridgehead atoms. The zero-order valence-electron chi connectivity index (χ0n) is 9.00. The van der Waals surface area contributed by atoms with Crippen molar-refractivity contribution < 1.29 is 5.11 Å². The smallest absolute Gasteiger partial charge is 0.180 e. The van der Waals surface area contributed by atoms with Crippen molar-refractivity contribution in [3.05, 3.63) is 46.5 Å². The Labute approximate surface area is 103 Å². The summed E-state index contributed by atoms with van der Waals surface area (Å²) in [5, 5.41) is 19.1. The van der Waals surface area contributed by atoms with Gasteiger partial charge in [0.1, 0.15) is 0 Å². The third kappa shape index (κ3) is 2.81. The number of nitriles is 1. The summed E-state index contributed by atoms with van der Waals surface area (Å²) in [5.74, 6) is 0. The van der Waals surface area contributed by atoms with Crippen LogP contribution in [0.2, 0.25) is 0 Å². The second kappa shape index (κ2) is 4.95. The minimum Gasteiger partial charge on any atom is -0.387 e. The first-order valence-electron chi connectivity index (χ1n) is 5.07. The highest BCUT2D eigenvalue weighted by atomic mass is 32.1. The summed E-state index contributed by atoms with van der Waals surface area (Å²) in [5.41, 5.74) is 7.10. The number of aromatic nitrogens is 1. The minimum absolute atomic E-state index is 0.457. The van der Waals surface area contributed by atoms with Gasteiger partial charge in [-0.2, -0.15) is 5.26 Å². The first kappa shape index (κ1) is 11.6. The Morgan fingerprint density at radius 2 is 2.12 bits per heavy atom. The normalized spacial score (nSPS) is 12.0. The molecule has 0 fully saturated rings. The van der Waals surface area contributed by atoms with Crippen molar-refractivity contribution in [3.63, 3.8) is 0 Å². The summed E-state index contributed by atoms with van der Waals surface area (Å²) in [6.45, 7) is 0. The molecule has 2 aromatic rings. The first-order valence-corrected chi connectivity index (χ1v) is 5.89. The van der Waals surface area contributed by atoms with E-state index in [0.29, 0.717) is 17.1 Å². The van der Waals surface area contributed by atoms with Crippen LogP contribution in [-0.4, -0.2) is 10.1 Å². The Morgan fingerprint density at radius 1 is 1.41 bits per heavy atom. The molecule has 2 rings (SSSR count). The van der Waals surface area contributed by atoms with Crippen molar-refractivity contribution in [2.24, 2.45) is 0 Å². The Bertz CT molecular complexity index is 542. The number of benzene rings is 1. The Hall–Kier alpha value is -1.90. The molecule has 17 heavy (non-hydrogen) atoms. The Morgan fingerprint density at radius 3 is 2.65 bits per heavy atom. The van der Waals surface area contributed by atoms with Crippen molar-refractivity contribution >= 4 is 16.5 Å². The van der Waals surface area contributed by atoms with E-state index in [1.165, 1.54) is 11.3 Å². The van der Waals surface area contributed by atoms with Crippen molar-refractivity contribution in [2.45, 2.75) is 12.5 Å². The lowest BCUT2D eigenvalue weighted by Crippen LogP contribution is -1.99. The topological polar surface area (TPSA) is 82.9 Å². The predicted octanol–water partition coefficient (Wildman–Crippen LogP) is 1.87. The lowest BCUT2D eigenvalue weighted by Gasteiger charge is -2.07. The van der Waals surface area contributed by atoms with Crippen LogP contribution in [0.25, 0.3) is 0 Å². The number of nitrogens with zero attached hydrogens (tertiary/aromatic N) is 2. The molecule has 1 aromatic carbocycles. The van der Waals surface area contributed by atoms with Gasteiger partial charge in [0.2, 0.25) is 0 Å². The van der Waals surface area contributed by atoms with Crippen molar-refractivity contribution in [1.29, 1.82) is 5.26 Å². The van der Waals surface area contributed by atoms with Gasteiger partial charge < -0.3 is 10.8 Å². The molecule has 0 radical (unpaired) electrons. The van der Waals surface area contributed by atoms with E-state index >= 15 is 0 Å². The number of rotatable bonds is 3. The maximum atomic E-state index is 9.96. The molecule has 0 aliphatic carbocycles. The maximum absolute atomic E-state index is 9.96. The summed E-state index contributed by atoms with van der Waals surface area (Å²) in [6.07, 6.45) is 1.49. The summed E-state index contributed by atoms with van der Waals surface area (Å²) in [6, 6.07) is 9.21. The van der Waals surface area contributed by atoms with E-state index in [4.69, 9.17) is 11.0 Å². The molecule has 1 unspecified atom stereocenters. The average molecular weight is 245 g/mol. The van der Waals surface area contributed by atoms with Gasteiger partial charge in [0, 0.05) is 12.6 Å². The molecule has 0 saturated carbocycles. The number of aliphatic hydroxyl groups is 1. The highest BCUT2D eigenvalue weighted by molar-refractivity contribution is 7.15. The molecule has 86 valence electrons. The monoisotopic (exact) mass is 245 g/mol. The van der Waals surface area contributed by atoms with Crippen molar-refractivity contribution in [1.82, 2.24) is 4.98 Å². The largest absolute Gasteiger partial charge is 0.387 e. The molecule has 5 heteroatoms. The molecular formula is C12H11N3OS. The van der Waals surface area contributed by atoms with Gasteiger partial charge in [-0.3, -0.25) is 0 Å². The van der Waals surface area contributed by atoms with Crippen LogP contribution < -0.4 is 5.73 Å².